The number of pyridine rings is 1. The first-order valence-corrected chi connectivity index (χ1v) is 12.2. The van der Waals surface area contributed by atoms with Crippen LogP contribution in [0.2, 0.25) is 0 Å². The van der Waals surface area contributed by atoms with E-state index in [0.717, 1.165) is 16.8 Å². The van der Waals surface area contributed by atoms with Gasteiger partial charge in [-0.25, -0.2) is 13.4 Å². The lowest BCUT2D eigenvalue weighted by Gasteiger charge is -2.34. The molecule has 5 rings (SSSR count). The highest BCUT2D eigenvalue weighted by atomic mass is 32.2. The number of nitrogens with zero attached hydrogens (tertiary/aromatic N) is 5. The molecule has 0 unspecified atom stereocenters. The summed E-state index contributed by atoms with van der Waals surface area (Å²) >= 11 is 0. The average Bonchev–Trinajstić information content (AvgIpc) is 3.10. The van der Waals surface area contributed by atoms with Crippen LogP contribution in [0.1, 0.15) is 21.7 Å². The van der Waals surface area contributed by atoms with E-state index in [1.165, 1.54) is 16.4 Å². The normalized spacial score (nSPS) is 16.9. The van der Waals surface area contributed by atoms with E-state index in [9.17, 15) is 13.2 Å². The van der Waals surface area contributed by atoms with E-state index >= 15 is 0 Å². The van der Waals surface area contributed by atoms with Gasteiger partial charge in [-0.05, 0) is 32.0 Å². The number of benzene rings is 1. The van der Waals surface area contributed by atoms with Crippen LogP contribution in [0.15, 0.2) is 29.2 Å². The van der Waals surface area contributed by atoms with Gasteiger partial charge in [0.15, 0.2) is 17.1 Å². The number of amides is 1. The van der Waals surface area contributed by atoms with Crippen LogP contribution in [0.5, 0.6) is 11.5 Å². The van der Waals surface area contributed by atoms with Crippen molar-refractivity contribution in [2.24, 2.45) is 7.05 Å². The first-order valence-electron chi connectivity index (χ1n) is 10.8. The van der Waals surface area contributed by atoms with Crippen molar-refractivity contribution in [3.05, 3.63) is 41.2 Å². The largest absolute Gasteiger partial charge is 0.486 e. The van der Waals surface area contributed by atoms with Crippen molar-refractivity contribution in [2.75, 3.05) is 39.4 Å². The second-order valence-corrected chi connectivity index (χ2v) is 10.2. The molecule has 2 aliphatic heterocycles. The Balaban J connectivity index is 1.35. The molecule has 4 heterocycles. The fourth-order valence-electron chi connectivity index (χ4n) is 4.37. The van der Waals surface area contributed by atoms with Crippen molar-refractivity contribution in [2.45, 2.75) is 18.7 Å². The molecule has 1 aromatic carbocycles. The number of carbonyl (C=O) groups excluding carboxylic acids is 1. The highest BCUT2D eigenvalue weighted by Gasteiger charge is 2.32. The summed E-state index contributed by atoms with van der Waals surface area (Å²) in [6, 6.07) is 6.43. The van der Waals surface area contributed by atoms with Gasteiger partial charge in [0.2, 0.25) is 10.0 Å². The summed E-state index contributed by atoms with van der Waals surface area (Å²) < 4.78 is 40.5. The maximum Gasteiger partial charge on any atom is 0.254 e. The Morgan fingerprint density at radius 3 is 2.42 bits per heavy atom. The summed E-state index contributed by atoms with van der Waals surface area (Å²) in [5.74, 6) is 0.832. The molecule has 10 nitrogen and oxygen atoms in total. The summed E-state index contributed by atoms with van der Waals surface area (Å²) in [6.07, 6.45) is 0. The zero-order valence-electron chi connectivity index (χ0n) is 18.7. The molecule has 0 saturated carbocycles. The Morgan fingerprint density at radius 1 is 1.00 bits per heavy atom. The lowest BCUT2D eigenvalue weighted by atomic mass is 10.1. The molecule has 0 radical (unpaired) electrons. The smallest absolute Gasteiger partial charge is 0.254 e. The van der Waals surface area contributed by atoms with Gasteiger partial charge in [0.1, 0.15) is 13.2 Å². The number of aromatic nitrogens is 3. The van der Waals surface area contributed by atoms with Crippen molar-refractivity contribution in [1.82, 2.24) is 24.0 Å². The molecular weight excluding hydrogens is 446 g/mol. The maximum absolute atomic E-state index is 13.4. The van der Waals surface area contributed by atoms with E-state index in [2.05, 4.69) is 10.1 Å². The van der Waals surface area contributed by atoms with Crippen LogP contribution in [0, 0.1) is 13.8 Å². The lowest BCUT2D eigenvalue weighted by Crippen LogP contribution is -2.50. The van der Waals surface area contributed by atoms with Crippen LogP contribution in [0.4, 0.5) is 0 Å². The molecule has 0 N–H and O–H groups in total. The highest BCUT2D eigenvalue weighted by molar-refractivity contribution is 7.89. The topological polar surface area (TPSA) is 107 Å². The van der Waals surface area contributed by atoms with Gasteiger partial charge in [-0.1, -0.05) is 0 Å². The molecule has 33 heavy (non-hydrogen) atoms. The maximum atomic E-state index is 13.4. The van der Waals surface area contributed by atoms with Gasteiger partial charge in [0.25, 0.3) is 5.91 Å². The van der Waals surface area contributed by atoms with E-state index in [1.54, 1.807) is 28.8 Å². The van der Waals surface area contributed by atoms with Crippen LogP contribution in [-0.2, 0) is 17.1 Å². The predicted molar refractivity (Wildman–Crippen MR) is 120 cm³/mol. The molecule has 2 aliphatic rings. The van der Waals surface area contributed by atoms with Crippen molar-refractivity contribution in [3.63, 3.8) is 0 Å². The SMILES string of the molecule is Cc1cc(C(=O)N2CCN(S(=O)(=O)c3ccc4c(c3)OCCO4)CC2)c2c(C)nn(C)c2n1. The van der Waals surface area contributed by atoms with E-state index in [-0.39, 0.29) is 23.9 Å². The van der Waals surface area contributed by atoms with Crippen molar-refractivity contribution >= 4 is 27.0 Å². The Kier molecular flexibility index (Phi) is 5.25. The van der Waals surface area contributed by atoms with Gasteiger partial charge < -0.3 is 14.4 Å². The Bertz CT molecular complexity index is 1360. The molecule has 0 atom stereocenters. The predicted octanol–water partition coefficient (Wildman–Crippen LogP) is 1.50. The van der Waals surface area contributed by atoms with E-state index in [1.807, 2.05) is 13.8 Å². The van der Waals surface area contributed by atoms with E-state index in [4.69, 9.17) is 9.47 Å². The number of piperazine rings is 1. The Morgan fingerprint density at radius 2 is 1.70 bits per heavy atom. The minimum Gasteiger partial charge on any atom is -0.486 e. The van der Waals surface area contributed by atoms with Gasteiger partial charge >= 0.3 is 0 Å². The standard InChI is InChI=1S/C22H25N5O5S/c1-14-12-17(20-15(2)24-25(3)21(20)23-14)22(28)26-6-8-27(9-7-26)33(29,30)16-4-5-18-19(13-16)32-11-10-31-18/h4-5,12-13H,6-11H2,1-3H3. The fraction of sp³-hybridized carbons (Fsp3) is 0.409. The van der Waals surface area contributed by atoms with Crippen LogP contribution < -0.4 is 9.47 Å². The molecule has 3 aromatic rings. The van der Waals surface area contributed by atoms with Crippen molar-refractivity contribution in [3.8, 4) is 11.5 Å². The number of sulfonamides is 1. The number of ether oxygens (including phenoxy) is 2. The number of rotatable bonds is 3. The Hall–Kier alpha value is -3.18. The fourth-order valence-corrected chi connectivity index (χ4v) is 5.81. The summed E-state index contributed by atoms with van der Waals surface area (Å²) in [5, 5.41) is 5.14. The second-order valence-electron chi connectivity index (χ2n) is 8.22. The van der Waals surface area contributed by atoms with Gasteiger partial charge in [-0.2, -0.15) is 9.40 Å². The van der Waals surface area contributed by atoms with Gasteiger partial charge in [0, 0.05) is 45.0 Å². The third-order valence-corrected chi connectivity index (χ3v) is 7.90. The Labute approximate surface area is 191 Å². The van der Waals surface area contributed by atoms with Crippen molar-refractivity contribution < 1.29 is 22.7 Å². The zero-order chi connectivity index (χ0) is 23.3. The number of carbonyl (C=O) groups is 1. The van der Waals surface area contributed by atoms with E-state index in [0.29, 0.717) is 49.0 Å². The van der Waals surface area contributed by atoms with Gasteiger partial charge in [-0.3, -0.25) is 9.48 Å². The van der Waals surface area contributed by atoms with Crippen LogP contribution in [-0.4, -0.2) is 77.7 Å². The molecule has 0 aliphatic carbocycles. The highest BCUT2D eigenvalue weighted by Crippen LogP contribution is 2.33. The third-order valence-electron chi connectivity index (χ3n) is 6.00. The van der Waals surface area contributed by atoms with Crippen LogP contribution in [0.3, 0.4) is 0 Å². The van der Waals surface area contributed by atoms with Crippen molar-refractivity contribution in [1.29, 1.82) is 0 Å². The lowest BCUT2D eigenvalue weighted by molar-refractivity contribution is 0.0699. The number of hydrogen-bond acceptors (Lipinski definition) is 7. The molecule has 11 heteroatoms. The molecule has 0 bridgehead atoms. The van der Waals surface area contributed by atoms with Crippen LogP contribution >= 0.6 is 0 Å². The number of fused-ring (bicyclic) bond motifs is 2. The van der Waals surface area contributed by atoms with Gasteiger partial charge in [0.05, 0.1) is 21.5 Å². The summed E-state index contributed by atoms with van der Waals surface area (Å²) in [7, 11) is -1.91. The molecule has 174 valence electrons. The summed E-state index contributed by atoms with van der Waals surface area (Å²) in [4.78, 5) is 19.7. The van der Waals surface area contributed by atoms with E-state index < -0.39 is 10.0 Å². The molecule has 1 amide bonds. The first-order chi connectivity index (χ1) is 15.8. The molecule has 2 aromatic heterocycles. The van der Waals surface area contributed by atoms with Gasteiger partial charge in [-0.15, -0.1) is 0 Å². The number of aryl methyl sites for hydroxylation is 3. The minimum atomic E-state index is -3.72. The molecule has 1 fully saturated rings. The summed E-state index contributed by atoms with van der Waals surface area (Å²) in [6.45, 7) is 5.54. The number of hydrogen-bond donors (Lipinski definition) is 0. The quantitative estimate of drug-likeness (QED) is 0.570. The van der Waals surface area contributed by atoms with Crippen LogP contribution in [0.25, 0.3) is 11.0 Å². The monoisotopic (exact) mass is 471 g/mol. The average molecular weight is 472 g/mol. The minimum absolute atomic E-state index is 0.141. The third kappa shape index (κ3) is 3.70. The second kappa shape index (κ2) is 7.99. The zero-order valence-corrected chi connectivity index (χ0v) is 19.6. The molecule has 1 saturated heterocycles. The first kappa shape index (κ1) is 21.7. The molecular formula is C22H25N5O5S. The summed E-state index contributed by atoms with van der Waals surface area (Å²) in [5.41, 5.74) is 2.68. The molecule has 0 spiro atoms.